The summed E-state index contributed by atoms with van der Waals surface area (Å²) in [5.74, 6) is 0. The zero-order valence-corrected chi connectivity index (χ0v) is 48.8. The molecule has 2 nitrogen and oxygen atoms in total. The lowest BCUT2D eigenvalue weighted by molar-refractivity contribution is 0.748. The Morgan fingerprint density at radius 3 is 1.73 bits per heavy atom. The third kappa shape index (κ3) is 11.9. The summed E-state index contributed by atoms with van der Waals surface area (Å²) in [7, 11) is 0. The number of nitrogens with zero attached hydrogens (tertiary/aromatic N) is 2. The Morgan fingerprint density at radius 2 is 1.17 bits per heavy atom. The van der Waals surface area contributed by atoms with Crippen molar-refractivity contribution in [1.29, 1.82) is 0 Å². The lowest BCUT2D eigenvalue weighted by atomic mass is 9.66. The van der Waals surface area contributed by atoms with Crippen molar-refractivity contribution in [2.45, 2.75) is 101 Å². The zero-order chi connectivity index (χ0) is 57.0. The van der Waals surface area contributed by atoms with Crippen molar-refractivity contribution < 1.29 is 0 Å². The average Bonchev–Trinajstić information content (AvgIpc) is 4.03. The minimum atomic E-state index is -0.840. The van der Waals surface area contributed by atoms with Crippen LogP contribution in [0.2, 0.25) is 0 Å². The maximum Gasteiger partial charge on any atom is 0.0669 e. The van der Waals surface area contributed by atoms with E-state index in [4.69, 9.17) is 6.58 Å². The number of rotatable bonds is 22. The van der Waals surface area contributed by atoms with Gasteiger partial charge in [0.05, 0.1) is 16.8 Å². The van der Waals surface area contributed by atoms with Crippen LogP contribution < -0.4 is 9.80 Å². The van der Waals surface area contributed by atoms with Gasteiger partial charge in [0.1, 0.15) is 0 Å². The Morgan fingerprint density at radius 1 is 0.558 bits per heavy atom. The second kappa shape index (κ2) is 29.2. The molecule has 77 heavy (non-hydrogen) atoms. The molecule has 1 atom stereocenters. The van der Waals surface area contributed by atoms with Crippen LogP contribution in [0.3, 0.4) is 0 Å². The summed E-state index contributed by atoms with van der Waals surface area (Å²) in [4.78, 5) is 4.62. The molecule has 5 aromatic rings. The summed E-state index contributed by atoms with van der Waals surface area (Å²) >= 11 is 0. The van der Waals surface area contributed by atoms with Crippen molar-refractivity contribution in [3.05, 3.63) is 283 Å². The molecule has 1 aliphatic carbocycles. The van der Waals surface area contributed by atoms with Crippen LogP contribution in [-0.2, 0) is 5.41 Å². The highest BCUT2D eigenvalue weighted by Gasteiger charge is 2.48. The highest BCUT2D eigenvalue weighted by atomic mass is 15.2. The number of allylic oxidation sites excluding steroid dienone is 16. The summed E-state index contributed by atoms with van der Waals surface area (Å²) in [5, 5.41) is 0. The monoisotopic (exact) mass is 1010 g/mol. The fraction of sp³-hybridized carbons (Fsp3) is 0.200. The average molecular weight is 1020 g/mol. The number of fused-ring (bicyclic) bond motifs is 3. The zero-order valence-electron chi connectivity index (χ0n) is 48.8. The van der Waals surface area contributed by atoms with Gasteiger partial charge in [-0.3, -0.25) is 0 Å². The van der Waals surface area contributed by atoms with Crippen LogP contribution in [0.15, 0.2) is 239 Å². The highest BCUT2D eigenvalue weighted by molar-refractivity contribution is 6.01. The SMILES string of the molecule is C=C/C=C(\C=C)N(c1ccccc1)c1ccc(-c2cc3c(c(C=C)c2C=C)-c2ccc(N(C(/C=C\C)=C/CC)c4cccc(C)c4C(/C=C\CC)=C(C)C)cc2C3(C(=C)/C=C\C)/C(C)=C/C=C)c(C=C)c1C=C.CC.CC. The van der Waals surface area contributed by atoms with Crippen LogP contribution in [0.1, 0.15) is 134 Å². The van der Waals surface area contributed by atoms with Gasteiger partial charge in [-0.15, -0.1) is 0 Å². The lowest BCUT2D eigenvalue weighted by Gasteiger charge is -2.36. The minimum Gasteiger partial charge on any atom is -0.310 e. The lowest BCUT2D eigenvalue weighted by Crippen LogP contribution is -2.29. The standard InChI is InChI=1S/C71H74N2.2C2H6/c1-17-28-41-61(49(12)13)69-50(14)38-32-42-68(69)73(54(36-21-5)37-22-6)56-43-44-63-65(47-56)71(51(15)33-18-2,52(16)34-19-3)66-48-64(58(25-9)60(27-11)70(63)66)62-45-46-67(59(26-10)57(62)24-8)72(53(23-7)35-20-4)55-39-30-29-31-40-55;2*1-2/h18-21,23-48H,2,4,7-11,16-17,22H2,1,3,5-6,12-15H3;2*1-2H3/b34-19-,36-21-,41-28-,51-33+,53-35+,54-37+;;. The number of aryl methyl sites for hydroxylation is 1. The fourth-order valence-corrected chi connectivity index (χ4v) is 10.8. The van der Waals surface area contributed by atoms with Gasteiger partial charge in [0.2, 0.25) is 0 Å². The molecule has 1 aliphatic rings. The highest BCUT2D eigenvalue weighted by Crippen LogP contribution is 2.60. The van der Waals surface area contributed by atoms with E-state index in [0.717, 1.165) is 114 Å². The van der Waals surface area contributed by atoms with E-state index in [1.54, 1.807) is 6.08 Å². The maximum absolute atomic E-state index is 4.97. The van der Waals surface area contributed by atoms with E-state index in [2.05, 4.69) is 227 Å². The Hall–Kier alpha value is -8.20. The Bertz CT molecular complexity index is 3230. The van der Waals surface area contributed by atoms with Gasteiger partial charge in [0.15, 0.2) is 0 Å². The van der Waals surface area contributed by atoms with Crippen LogP contribution >= 0.6 is 0 Å². The molecule has 2 heteroatoms. The molecule has 0 saturated carbocycles. The van der Waals surface area contributed by atoms with E-state index in [-0.39, 0.29) is 0 Å². The largest absolute Gasteiger partial charge is 0.310 e. The molecule has 0 bridgehead atoms. The quantitative estimate of drug-likeness (QED) is 0.0638. The molecule has 0 saturated heterocycles. The number of benzene rings is 5. The van der Waals surface area contributed by atoms with Crippen LogP contribution in [0.5, 0.6) is 0 Å². The van der Waals surface area contributed by atoms with Gasteiger partial charge in [-0.2, -0.15) is 0 Å². The van der Waals surface area contributed by atoms with Crippen molar-refractivity contribution >= 4 is 52.6 Å². The van der Waals surface area contributed by atoms with E-state index in [9.17, 15) is 0 Å². The first kappa shape index (κ1) is 61.3. The molecule has 0 amide bonds. The number of hydrogen-bond acceptors (Lipinski definition) is 2. The molecule has 1 unspecified atom stereocenters. The van der Waals surface area contributed by atoms with Crippen LogP contribution in [-0.4, -0.2) is 0 Å². The van der Waals surface area contributed by atoms with E-state index in [0.29, 0.717) is 0 Å². The third-order valence-electron chi connectivity index (χ3n) is 13.8. The van der Waals surface area contributed by atoms with Crippen LogP contribution in [0.25, 0.3) is 52.1 Å². The first-order valence-corrected chi connectivity index (χ1v) is 27.4. The van der Waals surface area contributed by atoms with Gasteiger partial charge in [-0.25, -0.2) is 0 Å². The molecule has 6 rings (SSSR count). The van der Waals surface area contributed by atoms with Crippen molar-refractivity contribution in [2.24, 2.45) is 0 Å². The van der Waals surface area contributed by atoms with Gasteiger partial charge < -0.3 is 9.80 Å². The van der Waals surface area contributed by atoms with Gasteiger partial charge >= 0.3 is 0 Å². The van der Waals surface area contributed by atoms with E-state index in [1.807, 2.05) is 88.4 Å². The minimum absolute atomic E-state index is 0.840. The summed E-state index contributed by atoms with van der Waals surface area (Å²) in [6, 6.07) is 30.6. The summed E-state index contributed by atoms with van der Waals surface area (Å²) in [6.45, 7) is 60.7. The molecular weight excluding hydrogens is 929 g/mol. The molecule has 0 aromatic heterocycles. The van der Waals surface area contributed by atoms with Gasteiger partial charge in [0.25, 0.3) is 0 Å². The van der Waals surface area contributed by atoms with Gasteiger partial charge in [-0.1, -0.05) is 227 Å². The number of anilines is 4. The normalized spacial score (nSPS) is 13.8. The second-order valence-corrected chi connectivity index (χ2v) is 18.3. The summed E-state index contributed by atoms with van der Waals surface area (Å²) < 4.78 is 0. The summed E-state index contributed by atoms with van der Waals surface area (Å²) in [6.07, 6.45) is 34.7. The van der Waals surface area contributed by atoms with Crippen molar-refractivity contribution in [3.8, 4) is 22.3 Å². The van der Waals surface area contributed by atoms with Crippen molar-refractivity contribution in [3.63, 3.8) is 0 Å². The predicted molar refractivity (Wildman–Crippen MR) is 350 cm³/mol. The predicted octanol–water partition coefficient (Wildman–Crippen LogP) is 23.0. The molecule has 0 fully saturated rings. The smallest absolute Gasteiger partial charge is 0.0669 e. The van der Waals surface area contributed by atoms with Gasteiger partial charge in [0, 0.05) is 33.9 Å². The molecule has 0 N–H and O–H groups in total. The maximum atomic E-state index is 4.97. The first-order valence-electron chi connectivity index (χ1n) is 27.4. The Kier molecular flexibility index (Phi) is 23.3. The molecule has 5 aromatic carbocycles. The van der Waals surface area contributed by atoms with Crippen LogP contribution in [0, 0.1) is 6.92 Å². The molecule has 396 valence electrons. The first-order chi connectivity index (χ1) is 37.4. The number of para-hydroxylation sites is 1. The fourth-order valence-electron chi connectivity index (χ4n) is 10.8. The number of hydrogen-bond donors (Lipinski definition) is 0. The second-order valence-electron chi connectivity index (χ2n) is 18.3. The molecule has 0 aliphatic heterocycles. The van der Waals surface area contributed by atoms with E-state index < -0.39 is 5.41 Å². The van der Waals surface area contributed by atoms with Crippen molar-refractivity contribution in [1.82, 2.24) is 0 Å². The third-order valence-corrected chi connectivity index (χ3v) is 13.8. The molecular formula is C75H86N2. The molecule has 0 radical (unpaired) electrons. The van der Waals surface area contributed by atoms with E-state index in [1.165, 1.54) is 22.3 Å². The molecule has 0 heterocycles. The van der Waals surface area contributed by atoms with Crippen molar-refractivity contribution in [2.75, 3.05) is 9.80 Å². The Labute approximate surface area is 466 Å². The topological polar surface area (TPSA) is 6.48 Å². The van der Waals surface area contributed by atoms with E-state index >= 15 is 0 Å². The summed E-state index contributed by atoms with van der Waals surface area (Å²) in [5.41, 5.74) is 22.2. The van der Waals surface area contributed by atoms with Crippen LogP contribution in [0.4, 0.5) is 22.7 Å². The van der Waals surface area contributed by atoms with Gasteiger partial charge in [-0.05, 0) is 182 Å². The Balaban J connectivity index is 0.00000312. The molecule has 0 spiro atoms.